The van der Waals surface area contributed by atoms with Crippen molar-refractivity contribution in [3.8, 4) is 11.5 Å². The highest BCUT2D eigenvalue weighted by molar-refractivity contribution is 6.32. The molecule has 0 heterocycles. The number of rotatable bonds is 7. The van der Waals surface area contributed by atoms with Crippen molar-refractivity contribution in [3.05, 3.63) is 59.1 Å². The van der Waals surface area contributed by atoms with E-state index in [2.05, 4.69) is 0 Å². The van der Waals surface area contributed by atoms with Crippen LogP contribution in [0.15, 0.2) is 48.5 Å². The fourth-order valence-corrected chi connectivity index (χ4v) is 2.51. The molecule has 128 valence electrons. The van der Waals surface area contributed by atoms with Gasteiger partial charge >= 0.3 is 0 Å². The Kier molecular flexibility index (Phi) is 6.50. The van der Waals surface area contributed by atoms with Gasteiger partial charge in [-0.2, -0.15) is 0 Å². The number of amides is 1. The van der Waals surface area contributed by atoms with Crippen LogP contribution in [0.4, 0.5) is 0 Å². The first-order chi connectivity index (χ1) is 11.5. The van der Waals surface area contributed by atoms with Gasteiger partial charge in [-0.05, 0) is 36.2 Å². The highest BCUT2D eigenvalue weighted by Crippen LogP contribution is 2.25. The average Bonchev–Trinajstić information content (AvgIpc) is 2.61. The zero-order chi connectivity index (χ0) is 17.5. The summed E-state index contributed by atoms with van der Waals surface area (Å²) in [5.41, 5.74) is 1.03. The Morgan fingerprint density at radius 2 is 1.83 bits per heavy atom. The summed E-state index contributed by atoms with van der Waals surface area (Å²) in [6, 6.07) is 14.8. The van der Waals surface area contributed by atoms with Gasteiger partial charge in [0.05, 0.1) is 12.1 Å². The predicted octanol–water partition coefficient (Wildman–Crippen LogP) is 4.16. The van der Waals surface area contributed by atoms with E-state index < -0.39 is 6.10 Å². The van der Waals surface area contributed by atoms with Gasteiger partial charge in [0.15, 0.2) is 6.10 Å². The van der Waals surface area contributed by atoms with Gasteiger partial charge in [-0.1, -0.05) is 42.8 Å². The molecule has 0 aliphatic rings. The van der Waals surface area contributed by atoms with Crippen molar-refractivity contribution < 1.29 is 14.3 Å². The lowest BCUT2D eigenvalue weighted by Crippen LogP contribution is -2.39. The molecular formula is C19H22ClNO3. The van der Waals surface area contributed by atoms with Gasteiger partial charge in [0, 0.05) is 13.6 Å². The third kappa shape index (κ3) is 4.65. The van der Waals surface area contributed by atoms with Crippen molar-refractivity contribution in [3.63, 3.8) is 0 Å². The van der Waals surface area contributed by atoms with Gasteiger partial charge in [0.2, 0.25) is 0 Å². The molecule has 0 aromatic heterocycles. The van der Waals surface area contributed by atoms with Crippen LogP contribution in [0.1, 0.15) is 18.9 Å². The molecule has 5 heteroatoms. The molecule has 2 aromatic carbocycles. The Morgan fingerprint density at radius 1 is 1.17 bits per heavy atom. The van der Waals surface area contributed by atoms with E-state index in [1.807, 2.05) is 43.3 Å². The third-order valence-electron chi connectivity index (χ3n) is 3.71. The molecule has 0 bridgehead atoms. The fraction of sp³-hybridized carbons (Fsp3) is 0.316. The van der Waals surface area contributed by atoms with Crippen LogP contribution in [-0.4, -0.2) is 31.1 Å². The highest BCUT2D eigenvalue weighted by atomic mass is 35.5. The van der Waals surface area contributed by atoms with Crippen LogP contribution in [0.2, 0.25) is 5.02 Å². The molecule has 0 aliphatic heterocycles. The number of hydrogen-bond donors (Lipinski definition) is 0. The average molecular weight is 348 g/mol. The molecule has 2 rings (SSSR count). The van der Waals surface area contributed by atoms with Crippen LogP contribution < -0.4 is 9.47 Å². The number of carbonyl (C=O) groups excluding carboxylic acids is 1. The van der Waals surface area contributed by atoms with Crippen molar-refractivity contribution in [1.29, 1.82) is 0 Å². The summed E-state index contributed by atoms with van der Waals surface area (Å²) in [5.74, 6) is 1.24. The molecule has 0 saturated heterocycles. The van der Waals surface area contributed by atoms with Crippen LogP contribution >= 0.6 is 11.6 Å². The van der Waals surface area contributed by atoms with Gasteiger partial charge < -0.3 is 14.4 Å². The standard InChI is InChI=1S/C19H22ClNO3/c1-4-17(24-18-8-6-5-7-16(18)20)19(22)21(2)13-14-9-11-15(23-3)12-10-14/h5-12,17H,4,13H2,1-3H3/t17-/m0/s1. The first-order valence-corrected chi connectivity index (χ1v) is 8.22. The minimum atomic E-state index is -0.562. The van der Waals surface area contributed by atoms with E-state index in [0.29, 0.717) is 23.7 Å². The first-order valence-electron chi connectivity index (χ1n) is 7.84. The molecule has 0 fully saturated rings. The predicted molar refractivity (Wildman–Crippen MR) is 95.6 cm³/mol. The number of hydrogen-bond acceptors (Lipinski definition) is 3. The van der Waals surface area contributed by atoms with E-state index in [4.69, 9.17) is 21.1 Å². The lowest BCUT2D eigenvalue weighted by molar-refractivity contribution is -0.138. The molecular weight excluding hydrogens is 326 g/mol. The molecule has 2 aromatic rings. The molecule has 0 spiro atoms. The van der Waals surface area contributed by atoms with Crippen molar-refractivity contribution in [1.82, 2.24) is 4.90 Å². The normalized spacial score (nSPS) is 11.7. The summed E-state index contributed by atoms with van der Waals surface area (Å²) in [7, 11) is 3.40. The minimum Gasteiger partial charge on any atom is -0.497 e. The topological polar surface area (TPSA) is 38.8 Å². The number of likely N-dealkylation sites (N-methyl/N-ethyl adjacent to an activating group) is 1. The Hall–Kier alpha value is -2.20. The number of benzene rings is 2. The van der Waals surface area contributed by atoms with Crippen LogP contribution in [0.3, 0.4) is 0 Å². The number of nitrogens with zero attached hydrogens (tertiary/aromatic N) is 1. The van der Waals surface area contributed by atoms with Crippen LogP contribution in [0, 0.1) is 0 Å². The Balaban J connectivity index is 2.02. The largest absolute Gasteiger partial charge is 0.497 e. The number of halogens is 1. The molecule has 4 nitrogen and oxygen atoms in total. The molecule has 0 saturated carbocycles. The van der Waals surface area contributed by atoms with Crippen molar-refractivity contribution in [2.24, 2.45) is 0 Å². The van der Waals surface area contributed by atoms with E-state index in [0.717, 1.165) is 11.3 Å². The Labute approximate surface area is 147 Å². The molecule has 24 heavy (non-hydrogen) atoms. The monoisotopic (exact) mass is 347 g/mol. The summed E-state index contributed by atoms with van der Waals surface area (Å²) in [6.45, 7) is 2.42. The maximum Gasteiger partial charge on any atom is 0.263 e. The summed E-state index contributed by atoms with van der Waals surface area (Å²) < 4.78 is 11.0. The number of para-hydroxylation sites is 1. The molecule has 0 N–H and O–H groups in total. The minimum absolute atomic E-state index is 0.0757. The SMILES string of the molecule is CC[C@H](Oc1ccccc1Cl)C(=O)N(C)Cc1ccc(OC)cc1. The van der Waals surface area contributed by atoms with E-state index in [-0.39, 0.29) is 5.91 Å². The zero-order valence-electron chi connectivity index (χ0n) is 14.2. The number of methoxy groups -OCH3 is 1. The summed E-state index contributed by atoms with van der Waals surface area (Å²) >= 11 is 6.11. The van der Waals surface area contributed by atoms with E-state index in [1.54, 1.807) is 31.2 Å². The van der Waals surface area contributed by atoms with Crippen molar-refractivity contribution in [2.45, 2.75) is 26.0 Å². The Morgan fingerprint density at radius 3 is 2.42 bits per heavy atom. The molecule has 1 atom stereocenters. The van der Waals surface area contributed by atoms with E-state index >= 15 is 0 Å². The number of carbonyl (C=O) groups is 1. The highest BCUT2D eigenvalue weighted by Gasteiger charge is 2.23. The van der Waals surface area contributed by atoms with Crippen LogP contribution in [0.5, 0.6) is 11.5 Å². The summed E-state index contributed by atoms with van der Waals surface area (Å²) in [5, 5.41) is 0.501. The second-order valence-electron chi connectivity index (χ2n) is 5.49. The van der Waals surface area contributed by atoms with Crippen molar-refractivity contribution >= 4 is 17.5 Å². The zero-order valence-corrected chi connectivity index (χ0v) is 14.9. The Bertz CT molecular complexity index is 673. The van der Waals surface area contributed by atoms with Gasteiger partial charge in [0.1, 0.15) is 11.5 Å². The molecule has 0 aliphatic carbocycles. The van der Waals surface area contributed by atoms with Gasteiger partial charge in [-0.3, -0.25) is 4.79 Å². The lowest BCUT2D eigenvalue weighted by atomic mass is 10.2. The molecule has 0 radical (unpaired) electrons. The lowest BCUT2D eigenvalue weighted by Gasteiger charge is -2.24. The second kappa shape index (κ2) is 8.60. The van der Waals surface area contributed by atoms with Crippen molar-refractivity contribution in [2.75, 3.05) is 14.2 Å². The molecule has 0 unspecified atom stereocenters. The van der Waals surface area contributed by atoms with Crippen LogP contribution in [-0.2, 0) is 11.3 Å². The van der Waals surface area contributed by atoms with Gasteiger partial charge in [-0.25, -0.2) is 0 Å². The molecule has 1 amide bonds. The maximum absolute atomic E-state index is 12.7. The van der Waals surface area contributed by atoms with Gasteiger partial charge in [0.25, 0.3) is 5.91 Å². The maximum atomic E-state index is 12.7. The first kappa shape index (κ1) is 18.1. The quantitative estimate of drug-likeness (QED) is 0.754. The number of ether oxygens (including phenoxy) is 2. The van der Waals surface area contributed by atoms with E-state index in [1.165, 1.54) is 0 Å². The summed E-state index contributed by atoms with van der Waals surface area (Å²) in [4.78, 5) is 14.3. The summed E-state index contributed by atoms with van der Waals surface area (Å²) in [6.07, 6.45) is 0.00458. The van der Waals surface area contributed by atoms with Gasteiger partial charge in [-0.15, -0.1) is 0 Å². The van der Waals surface area contributed by atoms with Crippen LogP contribution in [0.25, 0.3) is 0 Å². The smallest absolute Gasteiger partial charge is 0.263 e. The van der Waals surface area contributed by atoms with E-state index in [9.17, 15) is 4.79 Å². The third-order valence-corrected chi connectivity index (χ3v) is 4.02. The fourth-order valence-electron chi connectivity index (χ4n) is 2.33. The second-order valence-corrected chi connectivity index (χ2v) is 5.89.